The molecule has 0 unspecified atom stereocenters. The molecular formula is C17H9FN2O3. The first-order valence-electron chi connectivity index (χ1n) is 6.86. The van der Waals surface area contributed by atoms with Crippen molar-refractivity contribution in [3.63, 3.8) is 0 Å². The van der Waals surface area contributed by atoms with Crippen molar-refractivity contribution in [2.45, 2.75) is 0 Å². The van der Waals surface area contributed by atoms with Crippen molar-refractivity contribution in [1.82, 2.24) is 4.98 Å². The molecule has 4 rings (SSSR count). The monoisotopic (exact) mass is 308 g/mol. The highest BCUT2D eigenvalue weighted by Gasteiger charge is 2.20. The van der Waals surface area contributed by atoms with E-state index in [-0.39, 0.29) is 5.69 Å². The van der Waals surface area contributed by atoms with Gasteiger partial charge in [-0.1, -0.05) is 12.1 Å². The number of rotatable bonds is 2. The van der Waals surface area contributed by atoms with Crippen molar-refractivity contribution in [3.05, 3.63) is 70.7 Å². The van der Waals surface area contributed by atoms with Crippen LogP contribution < -0.4 is 0 Å². The van der Waals surface area contributed by atoms with Crippen LogP contribution in [0.2, 0.25) is 0 Å². The zero-order chi connectivity index (χ0) is 16.0. The Morgan fingerprint density at radius 3 is 2.74 bits per heavy atom. The Labute approximate surface area is 129 Å². The van der Waals surface area contributed by atoms with Crippen LogP contribution in [0.3, 0.4) is 0 Å². The van der Waals surface area contributed by atoms with Crippen LogP contribution in [0.5, 0.6) is 0 Å². The van der Waals surface area contributed by atoms with Gasteiger partial charge in [-0.25, -0.2) is 4.39 Å². The van der Waals surface area contributed by atoms with Gasteiger partial charge in [0.1, 0.15) is 17.1 Å². The van der Waals surface area contributed by atoms with Crippen LogP contribution in [0.1, 0.15) is 0 Å². The Balaban J connectivity index is 2.08. The molecule has 0 amide bonds. The van der Waals surface area contributed by atoms with Crippen LogP contribution in [0.4, 0.5) is 10.1 Å². The number of halogens is 1. The predicted molar refractivity (Wildman–Crippen MR) is 83.6 cm³/mol. The van der Waals surface area contributed by atoms with Gasteiger partial charge in [0.05, 0.1) is 15.9 Å². The lowest BCUT2D eigenvalue weighted by atomic mass is 10.1. The maximum absolute atomic E-state index is 13.9. The molecule has 0 radical (unpaired) electrons. The molecule has 0 aliphatic heterocycles. The molecule has 0 saturated heterocycles. The zero-order valence-electron chi connectivity index (χ0n) is 11.7. The highest BCUT2D eigenvalue weighted by molar-refractivity contribution is 6.07. The lowest BCUT2D eigenvalue weighted by Gasteiger charge is -1.99. The van der Waals surface area contributed by atoms with Crippen LogP contribution in [0, 0.1) is 15.9 Å². The lowest BCUT2D eigenvalue weighted by Crippen LogP contribution is -1.90. The number of non-ortho nitro benzene ring substituents is 1. The number of nitrogens with zero attached hydrogens (tertiary/aromatic N) is 2. The van der Waals surface area contributed by atoms with E-state index in [4.69, 9.17) is 4.42 Å². The molecular weight excluding hydrogens is 299 g/mol. The van der Waals surface area contributed by atoms with Crippen LogP contribution >= 0.6 is 0 Å². The molecule has 0 fully saturated rings. The van der Waals surface area contributed by atoms with Crippen molar-refractivity contribution >= 4 is 27.6 Å². The molecule has 0 N–H and O–H groups in total. The number of pyridine rings is 1. The molecule has 6 heteroatoms. The molecule has 4 aromatic rings. The van der Waals surface area contributed by atoms with Gasteiger partial charge in [0, 0.05) is 17.6 Å². The van der Waals surface area contributed by atoms with Gasteiger partial charge >= 0.3 is 0 Å². The number of nitro groups is 1. The van der Waals surface area contributed by atoms with E-state index in [1.165, 1.54) is 18.3 Å². The highest BCUT2D eigenvalue weighted by Crippen LogP contribution is 2.37. The second-order valence-corrected chi connectivity index (χ2v) is 5.06. The summed E-state index contributed by atoms with van der Waals surface area (Å²) in [6, 6.07) is 12.5. The van der Waals surface area contributed by atoms with E-state index in [1.54, 1.807) is 36.4 Å². The van der Waals surface area contributed by atoms with Crippen LogP contribution in [0.15, 0.2) is 59.1 Å². The van der Waals surface area contributed by atoms with Gasteiger partial charge in [-0.2, -0.15) is 0 Å². The van der Waals surface area contributed by atoms with E-state index in [2.05, 4.69) is 4.98 Å². The molecule has 0 aliphatic rings. The second kappa shape index (κ2) is 4.88. The Kier molecular flexibility index (Phi) is 2.84. The maximum Gasteiger partial charge on any atom is 0.279 e. The topological polar surface area (TPSA) is 69.2 Å². The third-order valence-electron chi connectivity index (χ3n) is 3.69. The summed E-state index contributed by atoms with van der Waals surface area (Å²) in [5.74, 6) is -0.108. The van der Waals surface area contributed by atoms with Gasteiger partial charge in [0.15, 0.2) is 5.58 Å². The Morgan fingerprint density at radius 1 is 1.13 bits per heavy atom. The largest absolute Gasteiger partial charge is 0.454 e. The minimum Gasteiger partial charge on any atom is -0.454 e. The molecule has 0 spiro atoms. The first-order valence-corrected chi connectivity index (χ1v) is 6.86. The van der Waals surface area contributed by atoms with Gasteiger partial charge in [0.25, 0.3) is 5.69 Å². The van der Waals surface area contributed by atoms with Crippen LogP contribution in [-0.4, -0.2) is 9.91 Å². The number of hydrogen-bond acceptors (Lipinski definition) is 4. The molecule has 0 aliphatic carbocycles. The minimum atomic E-state index is -0.459. The SMILES string of the molecule is O=[N+]([O-])c1cc2cc(-c3ccccc3F)oc2c2ncccc12. The summed E-state index contributed by atoms with van der Waals surface area (Å²) in [7, 11) is 0. The smallest absolute Gasteiger partial charge is 0.279 e. The van der Waals surface area contributed by atoms with Gasteiger partial charge in [-0.05, 0) is 30.3 Å². The molecule has 112 valence electrons. The number of fused-ring (bicyclic) bond motifs is 3. The van der Waals surface area contributed by atoms with Crippen molar-refractivity contribution in [3.8, 4) is 11.3 Å². The second-order valence-electron chi connectivity index (χ2n) is 5.06. The average Bonchev–Trinajstić information content (AvgIpc) is 2.98. The van der Waals surface area contributed by atoms with Gasteiger partial charge < -0.3 is 4.42 Å². The summed E-state index contributed by atoms with van der Waals surface area (Å²) in [5.41, 5.74) is 1.04. The number of nitro benzene ring substituents is 1. The van der Waals surface area contributed by atoms with Crippen molar-refractivity contribution in [1.29, 1.82) is 0 Å². The van der Waals surface area contributed by atoms with Crippen LogP contribution in [-0.2, 0) is 0 Å². The summed E-state index contributed by atoms with van der Waals surface area (Å²) in [6.45, 7) is 0. The summed E-state index contributed by atoms with van der Waals surface area (Å²) >= 11 is 0. The summed E-state index contributed by atoms with van der Waals surface area (Å²) in [6.07, 6.45) is 1.54. The van der Waals surface area contributed by atoms with E-state index < -0.39 is 10.7 Å². The summed E-state index contributed by atoms with van der Waals surface area (Å²) in [5, 5.41) is 12.2. The van der Waals surface area contributed by atoms with Gasteiger partial charge in [-0.15, -0.1) is 0 Å². The van der Waals surface area contributed by atoms with E-state index >= 15 is 0 Å². The molecule has 23 heavy (non-hydrogen) atoms. The number of furan rings is 1. The molecule has 2 aromatic heterocycles. The first kappa shape index (κ1) is 13.4. The van der Waals surface area contributed by atoms with Gasteiger partial charge in [-0.3, -0.25) is 15.1 Å². The Bertz CT molecular complexity index is 1070. The number of hydrogen-bond donors (Lipinski definition) is 0. The average molecular weight is 308 g/mol. The fourth-order valence-electron chi connectivity index (χ4n) is 2.66. The molecule has 5 nitrogen and oxygen atoms in total. The molecule has 0 atom stereocenters. The number of aromatic nitrogens is 1. The lowest BCUT2D eigenvalue weighted by molar-refractivity contribution is -0.382. The fraction of sp³-hybridized carbons (Fsp3) is 0. The van der Waals surface area contributed by atoms with E-state index in [0.717, 1.165) is 0 Å². The molecule has 2 aromatic carbocycles. The van der Waals surface area contributed by atoms with E-state index in [1.807, 2.05) is 0 Å². The summed E-state index contributed by atoms with van der Waals surface area (Å²) < 4.78 is 19.7. The quantitative estimate of drug-likeness (QED) is 0.398. The summed E-state index contributed by atoms with van der Waals surface area (Å²) in [4.78, 5) is 15.0. The predicted octanol–water partition coefficient (Wildman–Crippen LogP) is 4.70. The van der Waals surface area contributed by atoms with Crippen molar-refractivity contribution in [2.24, 2.45) is 0 Å². The van der Waals surface area contributed by atoms with Crippen LogP contribution in [0.25, 0.3) is 33.2 Å². The highest BCUT2D eigenvalue weighted by atomic mass is 19.1. The fourth-order valence-corrected chi connectivity index (χ4v) is 2.66. The van der Waals surface area contributed by atoms with Crippen molar-refractivity contribution < 1.29 is 13.7 Å². The van der Waals surface area contributed by atoms with Gasteiger partial charge in [0.2, 0.25) is 0 Å². The number of benzene rings is 2. The first-order chi connectivity index (χ1) is 11.1. The molecule has 2 heterocycles. The third kappa shape index (κ3) is 2.03. The third-order valence-corrected chi connectivity index (χ3v) is 3.69. The van der Waals surface area contributed by atoms with Crippen molar-refractivity contribution in [2.75, 3.05) is 0 Å². The zero-order valence-corrected chi connectivity index (χ0v) is 11.7. The van der Waals surface area contributed by atoms with E-state index in [0.29, 0.717) is 33.2 Å². The Morgan fingerprint density at radius 2 is 1.96 bits per heavy atom. The normalized spacial score (nSPS) is 11.2. The molecule has 0 bridgehead atoms. The standard InChI is InChI=1S/C17H9FN2O3/c18-13-6-2-1-4-11(13)15-9-10-8-14(20(21)22)12-5-3-7-19-16(12)17(10)23-15/h1-9H. The van der Waals surface area contributed by atoms with E-state index in [9.17, 15) is 14.5 Å². The maximum atomic E-state index is 13.9. The molecule has 0 saturated carbocycles. The minimum absolute atomic E-state index is 0.0542. The Hall–Kier alpha value is -3.28.